The summed E-state index contributed by atoms with van der Waals surface area (Å²) in [5.74, 6) is 0.884. The predicted octanol–water partition coefficient (Wildman–Crippen LogP) is 8.11. The molecule has 1 rings (SSSR count). The normalized spacial score (nSPS) is 12.4. The highest BCUT2D eigenvalue weighted by molar-refractivity contribution is 5.23. The molecule has 0 aliphatic heterocycles. The quantitative estimate of drug-likeness (QED) is 0.461. The maximum Gasteiger partial charge on any atom is -0.0280 e. The summed E-state index contributed by atoms with van der Waals surface area (Å²) in [5.41, 5.74) is 3.22. The van der Waals surface area contributed by atoms with Crippen molar-refractivity contribution < 1.29 is 0 Å². The van der Waals surface area contributed by atoms with Crippen molar-refractivity contribution in [2.24, 2.45) is 5.92 Å². The Balaban J connectivity index is -0.000000249. The molecule has 0 saturated heterocycles. The van der Waals surface area contributed by atoms with Crippen LogP contribution in [0.4, 0.5) is 0 Å². The molecule has 0 unspecified atom stereocenters. The number of hydrogen-bond acceptors (Lipinski definition) is 0. The van der Waals surface area contributed by atoms with Crippen molar-refractivity contribution in [3.8, 4) is 0 Å². The molecule has 0 aromatic heterocycles. The van der Waals surface area contributed by atoms with Crippen molar-refractivity contribution >= 4 is 0 Å². The van der Waals surface area contributed by atoms with Crippen LogP contribution >= 0.6 is 0 Å². The van der Waals surface area contributed by atoms with Crippen molar-refractivity contribution in [2.45, 2.75) is 93.9 Å². The van der Waals surface area contributed by atoms with Gasteiger partial charge in [-0.1, -0.05) is 90.7 Å². The fourth-order valence-corrected chi connectivity index (χ4v) is 1.31. The standard InChI is InChI=1S/C10H16.C5H12.C3H8.C3H6/c1-3-9-5-7-10(4-2)8-6-9;1-4-5(2)3;2*1-3-2/h5,7H,3-4,6,8H2,1-2H3;5H,4H2,1-3H3;3H2,1-2H3;3H,1H2,2H3. The van der Waals surface area contributed by atoms with Gasteiger partial charge in [0.05, 0.1) is 0 Å². The van der Waals surface area contributed by atoms with E-state index in [1.807, 2.05) is 6.92 Å². The summed E-state index contributed by atoms with van der Waals surface area (Å²) in [6, 6.07) is 0. The Bertz CT molecular complexity index is 233. The molecular weight excluding hydrogens is 252 g/mol. The SMILES string of the molecule is C=CC.CCC.CCC(C)C.CCC1=CC=C(CC)CC1. The van der Waals surface area contributed by atoms with Crippen LogP contribution in [0.15, 0.2) is 36.0 Å². The monoisotopic (exact) mass is 294 g/mol. The third-order valence-electron chi connectivity index (χ3n) is 3.05. The van der Waals surface area contributed by atoms with Gasteiger partial charge < -0.3 is 0 Å². The van der Waals surface area contributed by atoms with E-state index in [2.05, 4.69) is 67.2 Å². The zero-order chi connectivity index (χ0) is 17.1. The first kappa shape index (κ1) is 25.2. The lowest BCUT2D eigenvalue weighted by Gasteiger charge is -2.11. The molecule has 0 nitrogen and oxygen atoms in total. The number of rotatable bonds is 3. The van der Waals surface area contributed by atoms with Crippen LogP contribution in [0.3, 0.4) is 0 Å². The van der Waals surface area contributed by atoms with E-state index in [1.54, 1.807) is 17.2 Å². The van der Waals surface area contributed by atoms with Crippen LogP contribution in [0.2, 0.25) is 0 Å². The molecule has 0 fully saturated rings. The molecule has 0 heteroatoms. The van der Waals surface area contributed by atoms with Gasteiger partial charge >= 0.3 is 0 Å². The van der Waals surface area contributed by atoms with Gasteiger partial charge in [0, 0.05) is 0 Å². The first-order valence-corrected chi connectivity index (χ1v) is 8.91. The molecule has 1 aliphatic rings. The van der Waals surface area contributed by atoms with E-state index < -0.39 is 0 Å². The van der Waals surface area contributed by atoms with Gasteiger partial charge in [0.25, 0.3) is 0 Å². The first-order chi connectivity index (χ1) is 9.96. The average Bonchev–Trinajstić information content (AvgIpc) is 2.49. The zero-order valence-corrected chi connectivity index (χ0v) is 16.3. The van der Waals surface area contributed by atoms with E-state index >= 15 is 0 Å². The third kappa shape index (κ3) is 24.6. The summed E-state index contributed by atoms with van der Waals surface area (Å²) in [5, 5.41) is 0. The Labute approximate surface area is 136 Å². The highest BCUT2D eigenvalue weighted by Crippen LogP contribution is 2.21. The molecular formula is C21H42. The molecule has 0 heterocycles. The first-order valence-electron chi connectivity index (χ1n) is 8.91. The Morgan fingerprint density at radius 3 is 1.29 bits per heavy atom. The summed E-state index contributed by atoms with van der Waals surface area (Å²) in [7, 11) is 0. The van der Waals surface area contributed by atoms with Gasteiger partial charge in [0.1, 0.15) is 0 Å². The lowest BCUT2D eigenvalue weighted by atomic mass is 9.96. The van der Waals surface area contributed by atoms with Gasteiger partial charge in [-0.15, -0.1) is 6.58 Å². The van der Waals surface area contributed by atoms with E-state index in [0.717, 1.165) is 5.92 Å². The van der Waals surface area contributed by atoms with Gasteiger partial charge in [-0.05, 0) is 38.5 Å². The molecule has 0 aromatic rings. The minimum Gasteiger partial charge on any atom is -0.103 e. The number of hydrogen-bond donors (Lipinski definition) is 0. The second kappa shape index (κ2) is 21.5. The van der Waals surface area contributed by atoms with Crippen molar-refractivity contribution in [2.75, 3.05) is 0 Å². The lowest BCUT2D eigenvalue weighted by molar-refractivity contribution is 0.626. The second-order valence-corrected chi connectivity index (χ2v) is 5.77. The molecule has 0 spiro atoms. The second-order valence-electron chi connectivity index (χ2n) is 5.77. The maximum absolute atomic E-state index is 3.36. The number of allylic oxidation sites excluding steroid dienone is 5. The van der Waals surface area contributed by atoms with Crippen LogP contribution in [0.1, 0.15) is 93.9 Å². The fourth-order valence-electron chi connectivity index (χ4n) is 1.31. The highest BCUT2D eigenvalue weighted by Gasteiger charge is 2.01. The van der Waals surface area contributed by atoms with E-state index in [0.29, 0.717) is 0 Å². The van der Waals surface area contributed by atoms with Crippen LogP contribution in [0, 0.1) is 5.92 Å². The van der Waals surface area contributed by atoms with Gasteiger partial charge in [0.2, 0.25) is 0 Å². The summed E-state index contributed by atoms with van der Waals surface area (Å²) in [6.45, 7) is 20.6. The molecule has 0 aromatic carbocycles. The predicted molar refractivity (Wildman–Crippen MR) is 103 cm³/mol. The topological polar surface area (TPSA) is 0 Å². The average molecular weight is 295 g/mol. The van der Waals surface area contributed by atoms with Crippen LogP contribution in [0.25, 0.3) is 0 Å². The van der Waals surface area contributed by atoms with Crippen LogP contribution in [-0.4, -0.2) is 0 Å². The van der Waals surface area contributed by atoms with E-state index in [-0.39, 0.29) is 0 Å². The molecule has 0 N–H and O–H groups in total. The molecule has 0 radical (unpaired) electrons. The molecule has 0 saturated carbocycles. The van der Waals surface area contributed by atoms with Crippen molar-refractivity contribution in [3.63, 3.8) is 0 Å². The summed E-state index contributed by atoms with van der Waals surface area (Å²) >= 11 is 0. The molecule has 21 heavy (non-hydrogen) atoms. The van der Waals surface area contributed by atoms with Crippen molar-refractivity contribution in [1.82, 2.24) is 0 Å². The van der Waals surface area contributed by atoms with E-state index in [1.165, 1.54) is 38.5 Å². The summed E-state index contributed by atoms with van der Waals surface area (Å²) in [4.78, 5) is 0. The molecule has 0 amide bonds. The summed E-state index contributed by atoms with van der Waals surface area (Å²) < 4.78 is 0. The molecule has 0 atom stereocenters. The molecule has 0 bridgehead atoms. The Morgan fingerprint density at radius 1 is 0.952 bits per heavy atom. The zero-order valence-electron chi connectivity index (χ0n) is 16.3. The van der Waals surface area contributed by atoms with Gasteiger partial charge in [0.15, 0.2) is 0 Å². The minimum atomic E-state index is 0.884. The highest BCUT2D eigenvalue weighted by atomic mass is 14.1. The van der Waals surface area contributed by atoms with Gasteiger partial charge in [-0.3, -0.25) is 0 Å². The Hall–Kier alpha value is -0.780. The van der Waals surface area contributed by atoms with Gasteiger partial charge in [-0.2, -0.15) is 0 Å². The van der Waals surface area contributed by atoms with E-state index in [4.69, 9.17) is 0 Å². The largest absolute Gasteiger partial charge is 0.103 e. The van der Waals surface area contributed by atoms with E-state index in [9.17, 15) is 0 Å². The Kier molecular flexibility index (Phi) is 25.8. The minimum absolute atomic E-state index is 0.884. The van der Waals surface area contributed by atoms with Crippen LogP contribution in [0.5, 0.6) is 0 Å². The van der Waals surface area contributed by atoms with Gasteiger partial charge in [-0.25, -0.2) is 0 Å². The lowest BCUT2D eigenvalue weighted by Crippen LogP contribution is -1.91. The van der Waals surface area contributed by atoms with Crippen LogP contribution < -0.4 is 0 Å². The molecule has 1 aliphatic carbocycles. The van der Waals surface area contributed by atoms with Crippen LogP contribution in [-0.2, 0) is 0 Å². The molecule has 126 valence electrons. The fraction of sp³-hybridized carbons (Fsp3) is 0.714. The summed E-state index contributed by atoms with van der Waals surface area (Å²) in [6.07, 6.45) is 14.0. The van der Waals surface area contributed by atoms with Crippen molar-refractivity contribution in [1.29, 1.82) is 0 Å². The Morgan fingerprint density at radius 2 is 1.19 bits per heavy atom. The van der Waals surface area contributed by atoms with Crippen molar-refractivity contribution in [3.05, 3.63) is 36.0 Å². The third-order valence-corrected chi connectivity index (χ3v) is 3.05. The maximum atomic E-state index is 3.36. The smallest absolute Gasteiger partial charge is 0.0280 e.